The van der Waals surface area contributed by atoms with E-state index in [2.05, 4.69) is 6.07 Å². The molecule has 0 unspecified atom stereocenters. The molecule has 3 nitrogen and oxygen atoms in total. The van der Waals surface area contributed by atoms with Crippen molar-refractivity contribution in [1.29, 1.82) is 5.26 Å². The highest BCUT2D eigenvalue weighted by Crippen LogP contribution is 2.33. The van der Waals surface area contributed by atoms with Crippen LogP contribution < -0.4 is 10.5 Å². The third-order valence-corrected chi connectivity index (χ3v) is 3.77. The average Bonchev–Trinajstić information content (AvgIpc) is 2.55. The maximum atomic E-state index is 14.0. The number of rotatable bonds is 3. The summed E-state index contributed by atoms with van der Waals surface area (Å²) in [6.07, 6.45) is 0. The monoisotopic (exact) mass is 318 g/mol. The summed E-state index contributed by atoms with van der Waals surface area (Å²) >= 11 is 0. The summed E-state index contributed by atoms with van der Waals surface area (Å²) in [5.74, 6) is 0.611. The molecule has 3 rings (SSSR count). The number of nitriles is 1. The average molecular weight is 318 g/mol. The van der Waals surface area contributed by atoms with Gasteiger partial charge in [0.2, 0.25) is 0 Å². The largest absolute Gasteiger partial charge is 0.457 e. The maximum Gasteiger partial charge on any atom is 0.130 e. The summed E-state index contributed by atoms with van der Waals surface area (Å²) < 4.78 is 19.8. The summed E-state index contributed by atoms with van der Waals surface area (Å²) in [4.78, 5) is 0. The molecule has 0 aliphatic rings. The number of ether oxygens (including phenoxy) is 1. The molecule has 0 amide bonds. The van der Waals surface area contributed by atoms with Crippen LogP contribution in [0.2, 0.25) is 0 Å². The predicted molar refractivity (Wildman–Crippen MR) is 92.2 cm³/mol. The Labute approximate surface area is 139 Å². The van der Waals surface area contributed by atoms with Gasteiger partial charge in [0.1, 0.15) is 23.4 Å². The smallest absolute Gasteiger partial charge is 0.130 e. The topological polar surface area (TPSA) is 59.0 Å². The highest BCUT2D eigenvalue weighted by molar-refractivity contribution is 5.75. The lowest BCUT2D eigenvalue weighted by molar-refractivity contribution is 0.477. The van der Waals surface area contributed by atoms with E-state index >= 15 is 0 Å². The quantitative estimate of drug-likeness (QED) is 0.688. The summed E-state index contributed by atoms with van der Waals surface area (Å²) in [5, 5.41) is 9.25. The zero-order valence-electron chi connectivity index (χ0n) is 13.1. The van der Waals surface area contributed by atoms with Gasteiger partial charge in [-0.15, -0.1) is 0 Å². The standard InChI is InChI=1S/C20H15FN2O/c1-13-18(7-8-20(23)19(13)12-22)14-9-15(21)11-17(10-14)24-16-5-3-2-4-6-16/h2-11H,23H2,1H3. The van der Waals surface area contributed by atoms with E-state index in [0.717, 1.165) is 5.56 Å². The van der Waals surface area contributed by atoms with Crippen LogP contribution in [-0.2, 0) is 0 Å². The van der Waals surface area contributed by atoms with Crippen LogP contribution in [0.5, 0.6) is 11.5 Å². The van der Waals surface area contributed by atoms with Crippen molar-refractivity contribution in [1.82, 2.24) is 0 Å². The lowest BCUT2D eigenvalue weighted by Gasteiger charge is -2.12. The fourth-order valence-electron chi connectivity index (χ4n) is 2.60. The zero-order chi connectivity index (χ0) is 17.1. The van der Waals surface area contributed by atoms with Gasteiger partial charge in [-0.25, -0.2) is 4.39 Å². The van der Waals surface area contributed by atoms with Crippen molar-refractivity contribution >= 4 is 5.69 Å². The first-order chi connectivity index (χ1) is 11.6. The highest BCUT2D eigenvalue weighted by Gasteiger charge is 2.12. The number of hydrogen-bond donors (Lipinski definition) is 1. The number of benzene rings is 3. The molecule has 0 bridgehead atoms. The molecule has 0 aliphatic carbocycles. The molecular weight excluding hydrogens is 303 g/mol. The van der Waals surface area contributed by atoms with Crippen LogP contribution in [0, 0.1) is 24.1 Å². The van der Waals surface area contributed by atoms with Crippen molar-refractivity contribution in [2.45, 2.75) is 6.92 Å². The zero-order valence-corrected chi connectivity index (χ0v) is 13.1. The van der Waals surface area contributed by atoms with Crippen molar-refractivity contribution in [3.63, 3.8) is 0 Å². The molecule has 0 saturated carbocycles. The van der Waals surface area contributed by atoms with Crippen LogP contribution in [0.25, 0.3) is 11.1 Å². The van der Waals surface area contributed by atoms with Crippen LogP contribution in [0.4, 0.5) is 10.1 Å². The summed E-state index contributed by atoms with van der Waals surface area (Å²) in [6, 6.07) is 19.2. The molecule has 0 fully saturated rings. The second-order valence-corrected chi connectivity index (χ2v) is 5.40. The number of nitrogens with two attached hydrogens (primary N) is 1. The molecule has 3 aromatic rings. The minimum Gasteiger partial charge on any atom is -0.457 e. The van der Waals surface area contributed by atoms with E-state index in [1.54, 1.807) is 37.3 Å². The van der Waals surface area contributed by atoms with E-state index in [1.807, 2.05) is 18.2 Å². The predicted octanol–water partition coefficient (Wildman–Crippen LogP) is 5.05. The number of nitrogens with zero attached hydrogens (tertiary/aromatic N) is 1. The van der Waals surface area contributed by atoms with Gasteiger partial charge in [-0.2, -0.15) is 5.26 Å². The maximum absolute atomic E-state index is 14.0. The normalized spacial score (nSPS) is 10.2. The van der Waals surface area contributed by atoms with Crippen LogP contribution in [0.15, 0.2) is 60.7 Å². The molecular formula is C20H15FN2O. The van der Waals surface area contributed by atoms with Crippen LogP contribution in [0.1, 0.15) is 11.1 Å². The fraction of sp³-hybridized carbons (Fsp3) is 0.0500. The summed E-state index contributed by atoms with van der Waals surface area (Å²) in [7, 11) is 0. The second kappa shape index (κ2) is 6.43. The van der Waals surface area contributed by atoms with Crippen molar-refractivity contribution < 1.29 is 9.13 Å². The molecule has 0 aliphatic heterocycles. The molecule has 24 heavy (non-hydrogen) atoms. The van der Waals surface area contributed by atoms with Gasteiger partial charge in [0.15, 0.2) is 0 Å². The third-order valence-electron chi connectivity index (χ3n) is 3.77. The molecule has 0 saturated heterocycles. The molecule has 0 heterocycles. The summed E-state index contributed by atoms with van der Waals surface area (Å²) in [5.41, 5.74) is 8.74. The number of halogens is 1. The van der Waals surface area contributed by atoms with Crippen molar-refractivity contribution in [3.8, 4) is 28.7 Å². The van der Waals surface area contributed by atoms with E-state index in [-0.39, 0.29) is 0 Å². The molecule has 118 valence electrons. The Hall–Kier alpha value is -3.32. The number of para-hydroxylation sites is 1. The molecule has 0 aromatic heterocycles. The minimum absolute atomic E-state index is 0.394. The lowest BCUT2D eigenvalue weighted by Crippen LogP contribution is -1.96. The van der Waals surface area contributed by atoms with Crippen molar-refractivity contribution in [2.24, 2.45) is 0 Å². The minimum atomic E-state index is -0.409. The van der Waals surface area contributed by atoms with Gasteiger partial charge in [-0.05, 0) is 53.9 Å². The summed E-state index contributed by atoms with van der Waals surface area (Å²) in [6.45, 7) is 1.80. The van der Waals surface area contributed by atoms with E-state index in [4.69, 9.17) is 10.5 Å². The SMILES string of the molecule is Cc1c(-c2cc(F)cc(Oc3ccccc3)c2)ccc(N)c1C#N. The van der Waals surface area contributed by atoms with Crippen LogP contribution in [0.3, 0.4) is 0 Å². The van der Waals surface area contributed by atoms with E-state index < -0.39 is 5.82 Å². The van der Waals surface area contributed by atoms with E-state index in [1.165, 1.54) is 12.1 Å². The van der Waals surface area contributed by atoms with Gasteiger partial charge in [-0.3, -0.25) is 0 Å². The van der Waals surface area contributed by atoms with Crippen LogP contribution >= 0.6 is 0 Å². The third kappa shape index (κ3) is 3.06. The second-order valence-electron chi connectivity index (χ2n) is 5.40. The molecule has 4 heteroatoms. The van der Waals surface area contributed by atoms with Crippen molar-refractivity contribution in [2.75, 3.05) is 5.73 Å². The van der Waals surface area contributed by atoms with E-state index in [9.17, 15) is 9.65 Å². The van der Waals surface area contributed by atoms with Gasteiger partial charge in [0.05, 0.1) is 5.56 Å². The van der Waals surface area contributed by atoms with Crippen LogP contribution in [-0.4, -0.2) is 0 Å². The lowest BCUT2D eigenvalue weighted by atomic mass is 9.95. The fourth-order valence-corrected chi connectivity index (χ4v) is 2.60. The molecule has 2 N–H and O–H groups in total. The number of nitrogen functional groups attached to an aromatic ring is 1. The van der Waals surface area contributed by atoms with Gasteiger partial charge < -0.3 is 10.5 Å². The number of anilines is 1. The Balaban J connectivity index is 2.06. The van der Waals surface area contributed by atoms with Crippen molar-refractivity contribution in [3.05, 3.63) is 77.6 Å². The Kier molecular flexibility index (Phi) is 4.17. The first-order valence-electron chi connectivity index (χ1n) is 7.41. The first-order valence-corrected chi connectivity index (χ1v) is 7.41. The van der Waals surface area contributed by atoms with Gasteiger partial charge in [0, 0.05) is 11.8 Å². The Morgan fingerprint density at radius 3 is 2.46 bits per heavy atom. The number of hydrogen-bond acceptors (Lipinski definition) is 3. The molecule has 0 radical (unpaired) electrons. The first kappa shape index (κ1) is 15.6. The van der Waals surface area contributed by atoms with E-state index in [0.29, 0.717) is 33.9 Å². The Morgan fingerprint density at radius 1 is 1.00 bits per heavy atom. The molecule has 0 atom stereocenters. The Morgan fingerprint density at radius 2 is 1.75 bits per heavy atom. The van der Waals surface area contributed by atoms with Gasteiger partial charge in [-0.1, -0.05) is 24.3 Å². The van der Waals surface area contributed by atoms with Gasteiger partial charge in [0.25, 0.3) is 0 Å². The molecule has 3 aromatic carbocycles. The highest BCUT2D eigenvalue weighted by atomic mass is 19.1. The molecule has 0 spiro atoms. The Bertz CT molecular complexity index is 930. The van der Waals surface area contributed by atoms with Gasteiger partial charge >= 0.3 is 0 Å².